The van der Waals surface area contributed by atoms with Gasteiger partial charge in [0.15, 0.2) is 11.5 Å². The topological polar surface area (TPSA) is 67.9 Å². The number of anilines is 1. The van der Waals surface area contributed by atoms with E-state index in [0.29, 0.717) is 31.2 Å². The van der Waals surface area contributed by atoms with E-state index in [1.54, 1.807) is 6.08 Å². The maximum atomic E-state index is 13.3. The van der Waals surface area contributed by atoms with Crippen LogP contribution in [0, 0.1) is 0 Å². The Labute approximate surface area is 190 Å². The standard InChI is InChI=1S/C26H32N2O4/c1-5-31-15-9-14-27-24(29)18-28-21-17-20(26(2,3)4)12-13-22(21)32-23(25(28)30)16-19-10-7-6-8-11-19/h6-8,10-13,16-17H,5,9,14-15,18H2,1-4H3,(H,27,29). The molecule has 2 amide bonds. The highest BCUT2D eigenvalue weighted by molar-refractivity contribution is 6.12. The monoisotopic (exact) mass is 436 g/mol. The molecule has 0 atom stereocenters. The van der Waals surface area contributed by atoms with E-state index in [-0.39, 0.29) is 29.5 Å². The number of rotatable bonds is 8. The van der Waals surface area contributed by atoms with Crippen LogP contribution < -0.4 is 15.0 Å². The lowest BCUT2D eigenvalue weighted by Crippen LogP contribution is -2.44. The second kappa shape index (κ2) is 10.5. The molecule has 0 unspecified atom stereocenters. The third-order valence-electron chi connectivity index (χ3n) is 5.18. The van der Waals surface area contributed by atoms with Crippen LogP contribution >= 0.6 is 0 Å². The molecule has 1 aliphatic rings. The summed E-state index contributed by atoms with van der Waals surface area (Å²) in [5.41, 5.74) is 2.42. The van der Waals surface area contributed by atoms with Crippen LogP contribution in [0.2, 0.25) is 0 Å². The van der Waals surface area contributed by atoms with Gasteiger partial charge in [-0.05, 0) is 48.1 Å². The SMILES string of the molecule is CCOCCCNC(=O)CN1C(=O)C(=Cc2ccccc2)Oc2ccc(C(C)(C)C)cc21. The number of carbonyl (C=O) groups excluding carboxylic acids is 2. The van der Waals surface area contributed by atoms with Crippen molar-refractivity contribution in [2.24, 2.45) is 0 Å². The lowest BCUT2D eigenvalue weighted by atomic mass is 9.86. The third kappa shape index (κ3) is 5.98. The Bertz CT molecular complexity index is 977. The molecule has 1 aliphatic heterocycles. The largest absolute Gasteiger partial charge is 0.449 e. The second-order valence-corrected chi connectivity index (χ2v) is 8.75. The van der Waals surface area contributed by atoms with Crippen molar-refractivity contribution in [1.82, 2.24) is 5.32 Å². The number of hydrogen-bond acceptors (Lipinski definition) is 4. The van der Waals surface area contributed by atoms with Crippen molar-refractivity contribution in [1.29, 1.82) is 0 Å². The molecule has 170 valence electrons. The Morgan fingerprint density at radius 3 is 2.59 bits per heavy atom. The Morgan fingerprint density at radius 1 is 1.16 bits per heavy atom. The molecular weight excluding hydrogens is 404 g/mol. The molecule has 0 radical (unpaired) electrons. The minimum Gasteiger partial charge on any atom is -0.449 e. The first kappa shape index (κ1) is 23.5. The van der Waals surface area contributed by atoms with Gasteiger partial charge in [0.25, 0.3) is 5.91 Å². The lowest BCUT2D eigenvalue weighted by Gasteiger charge is -2.32. The first-order chi connectivity index (χ1) is 15.3. The number of nitrogens with one attached hydrogen (secondary N) is 1. The van der Waals surface area contributed by atoms with Gasteiger partial charge in [0.1, 0.15) is 6.54 Å². The summed E-state index contributed by atoms with van der Waals surface area (Å²) in [4.78, 5) is 27.5. The number of amides is 2. The van der Waals surface area contributed by atoms with Crippen LogP contribution in [0.1, 0.15) is 45.2 Å². The fraction of sp³-hybridized carbons (Fsp3) is 0.385. The van der Waals surface area contributed by atoms with E-state index in [0.717, 1.165) is 17.5 Å². The van der Waals surface area contributed by atoms with Gasteiger partial charge < -0.3 is 14.8 Å². The van der Waals surface area contributed by atoms with Crippen molar-refractivity contribution in [3.63, 3.8) is 0 Å². The Hall–Kier alpha value is -3.12. The van der Waals surface area contributed by atoms with Crippen molar-refractivity contribution in [3.8, 4) is 5.75 Å². The maximum absolute atomic E-state index is 13.3. The van der Waals surface area contributed by atoms with Gasteiger partial charge in [-0.2, -0.15) is 0 Å². The van der Waals surface area contributed by atoms with Gasteiger partial charge in [0.05, 0.1) is 5.69 Å². The van der Waals surface area contributed by atoms with Crippen LogP contribution in [0.3, 0.4) is 0 Å². The summed E-state index contributed by atoms with van der Waals surface area (Å²) in [6, 6.07) is 15.3. The molecule has 0 aromatic heterocycles. The highest BCUT2D eigenvalue weighted by atomic mass is 16.5. The highest BCUT2D eigenvalue weighted by Crippen LogP contribution is 2.39. The van der Waals surface area contributed by atoms with Crippen molar-refractivity contribution in [2.75, 3.05) is 31.2 Å². The summed E-state index contributed by atoms with van der Waals surface area (Å²) in [5.74, 6) is 0.195. The summed E-state index contributed by atoms with van der Waals surface area (Å²) in [7, 11) is 0. The van der Waals surface area contributed by atoms with Crippen molar-refractivity contribution in [2.45, 2.75) is 39.5 Å². The zero-order chi connectivity index (χ0) is 23.1. The molecule has 0 bridgehead atoms. The predicted molar refractivity (Wildman–Crippen MR) is 127 cm³/mol. The normalized spacial score (nSPS) is 14.8. The summed E-state index contributed by atoms with van der Waals surface area (Å²) < 4.78 is 11.3. The Balaban J connectivity index is 1.87. The third-order valence-corrected chi connectivity index (χ3v) is 5.18. The van der Waals surface area contributed by atoms with Crippen LogP contribution in [0.5, 0.6) is 5.75 Å². The molecule has 2 aromatic rings. The van der Waals surface area contributed by atoms with E-state index in [1.807, 2.05) is 55.5 Å². The molecule has 0 saturated heterocycles. The van der Waals surface area contributed by atoms with Gasteiger partial charge in [-0.3, -0.25) is 14.5 Å². The number of nitrogens with zero attached hydrogens (tertiary/aromatic N) is 1. The van der Waals surface area contributed by atoms with Crippen LogP contribution in [0.15, 0.2) is 54.3 Å². The van der Waals surface area contributed by atoms with Crippen molar-refractivity contribution >= 4 is 23.6 Å². The first-order valence-corrected chi connectivity index (χ1v) is 11.0. The van der Waals surface area contributed by atoms with E-state index in [4.69, 9.17) is 9.47 Å². The number of ether oxygens (including phenoxy) is 2. The minimum absolute atomic E-state index is 0.0798. The summed E-state index contributed by atoms with van der Waals surface area (Å²) >= 11 is 0. The smallest absolute Gasteiger partial charge is 0.294 e. The van der Waals surface area contributed by atoms with Gasteiger partial charge in [-0.15, -0.1) is 0 Å². The molecule has 1 heterocycles. The molecule has 0 fully saturated rings. The molecular formula is C26H32N2O4. The highest BCUT2D eigenvalue weighted by Gasteiger charge is 2.33. The molecule has 3 rings (SSSR count). The van der Waals surface area contributed by atoms with Crippen LogP contribution in [-0.4, -0.2) is 38.1 Å². The summed E-state index contributed by atoms with van der Waals surface area (Å²) in [6.45, 7) is 9.92. The zero-order valence-corrected chi connectivity index (χ0v) is 19.3. The summed E-state index contributed by atoms with van der Waals surface area (Å²) in [6.07, 6.45) is 2.43. The molecule has 0 spiro atoms. The Kier molecular flexibility index (Phi) is 7.70. The van der Waals surface area contributed by atoms with Crippen LogP contribution in [-0.2, 0) is 19.7 Å². The Morgan fingerprint density at radius 2 is 1.91 bits per heavy atom. The van der Waals surface area contributed by atoms with Gasteiger partial charge in [-0.25, -0.2) is 0 Å². The molecule has 0 saturated carbocycles. The molecule has 0 aliphatic carbocycles. The molecule has 32 heavy (non-hydrogen) atoms. The summed E-state index contributed by atoms with van der Waals surface area (Å²) in [5, 5.41) is 2.88. The van der Waals surface area contributed by atoms with Gasteiger partial charge in [0, 0.05) is 19.8 Å². The lowest BCUT2D eigenvalue weighted by molar-refractivity contribution is -0.123. The van der Waals surface area contributed by atoms with E-state index in [2.05, 4.69) is 26.1 Å². The van der Waals surface area contributed by atoms with Gasteiger partial charge in [0.2, 0.25) is 5.91 Å². The molecule has 6 heteroatoms. The average Bonchev–Trinajstić information content (AvgIpc) is 2.76. The maximum Gasteiger partial charge on any atom is 0.294 e. The molecule has 2 aromatic carbocycles. The quantitative estimate of drug-likeness (QED) is 0.495. The fourth-order valence-corrected chi connectivity index (χ4v) is 3.38. The van der Waals surface area contributed by atoms with Gasteiger partial charge >= 0.3 is 0 Å². The number of carbonyl (C=O) groups is 2. The average molecular weight is 437 g/mol. The zero-order valence-electron chi connectivity index (χ0n) is 19.3. The van der Waals surface area contributed by atoms with Crippen molar-refractivity contribution in [3.05, 3.63) is 65.4 Å². The van der Waals surface area contributed by atoms with Crippen LogP contribution in [0.4, 0.5) is 5.69 Å². The first-order valence-electron chi connectivity index (χ1n) is 11.0. The minimum atomic E-state index is -0.336. The second-order valence-electron chi connectivity index (χ2n) is 8.75. The van der Waals surface area contributed by atoms with Crippen molar-refractivity contribution < 1.29 is 19.1 Å². The van der Waals surface area contributed by atoms with Crippen LogP contribution in [0.25, 0.3) is 6.08 Å². The van der Waals surface area contributed by atoms with E-state index in [9.17, 15) is 9.59 Å². The van der Waals surface area contributed by atoms with Gasteiger partial charge in [-0.1, -0.05) is 57.2 Å². The fourth-order valence-electron chi connectivity index (χ4n) is 3.38. The number of benzene rings is 2. The predicted octanol–water partition coefficient (Wildman–Crippen LogP) is 4.29. The number of hydrogen-bond donors (Lipinski definition) is 1. The number of fused-ring (bicyclic) bond motifs is 1. The molecule has 6 nitrogen and oxygen atoms in total. The van der Waals surface area contributed by atoms with E-state index in [1.165, 1.54) is 4.90 Å². The van der Waals surface area contributed by atoms with E-state index >= 15 is 0 Å². The van der Waals surface area contributed by atoms with E-state index < -0.39 is 0 Å². The molecule has 1 N–H and O–H groups in total.